The third-order valence-electron chi connectivity index (χ3n) is 2.63. The number of nitrogens with zero attached hydrogens (tertiary/aromatic N) is 1. The Morgan fingerprint density at radius 3 is 2.40 bits per heavy atom. The Kier molecular flexibility index (Phi) is 4.82. The van der Waals surface area contributed by atoms with Gasteiger partial charge in [-0.1, -0.05) is 11.6 Å². The molecular formula is C12H11ClN2O5. The lowest BCUT2D eigenvalue weighted by Gasteiger charge is -2.07. The summed E-state index contributed by atoms with van der Waals surface area (Å²) >= 11 is 5.65. The van der Waals surface area contributed by atoms with Gasteiger partial charge >= 0.3 is 5.97 Å². The van der Waals surface area contributed by atoms with Crippen molar-refractivity contribution in [1.82, 2.24) is 0 Å². The Hall–Kier alpha value is -2.41. The predicted octanol–water partition coefficient (Wildman–Crippen LogP) is 2.61. The highest BCUT2D eigenvalue weighted by Gasteiger charge is 2.19. The first-order chi connectivity index (χ1) is 9.23. The van der Waals surface area contributed by atoms with Gasteiger partial charge in [0, 0.05) is 22.2 Å². The molecular weight excluding hydrogens is 288 g/mol. The summed E-state index contributed by atoms with van der Waals surface area (Å²) in [7, 11) is 0. The third kappa shape index (κ3) is 3.55. The lowest BCUT2D eigenvalue weighted by Crippen LogP contribution is -2.17. The van der Waals surface area contributed by atoms with Crippen LogP contribution in [-0.2, 0) is 9.59 Å². The minimum atomic E-state index is -1.23. The van der Waals surface area contributed by atoms with Crippen molar-refractivity contribution in [3.8, 4) is 0 Å². The van der Waals surface area contributed by atoms with E-state index in [0.29, 0.717) is 0 Å². The number of nitro benzene ring substituents is 1. The Balaban J connectivity index is 3.12. The van der Waals surface area contributed by atoms with Gasteiger partial charge in [0.15, 0.2) is 0 Å². The molecule has 0 bridgehead atoms. The van der Waals surface area contributed by atoms with Gasteiger partial charge < -0.3 is 10.4 Å². The minimum Gasteiger partial charge on any atom is -0.478 e. The zero-order valence-corrected chi connectivity index (χ0v) is 11.4. The number of nitro groups is 1. The van der Waals surface area contributed by atoms with E-state index in [1.54, 1.807) is 0 Å². The van der Waals surface area contributed by atoms with Gasteiger partial charge in [-0.2, -0.15) is 0 Å². The van der Waals surface area contributed by atoms with Crippen molar-refractivity contribution < 1.29 is 19.6 Å². The molecule has 0 saturated heterocycles. The van der Waals surface area contributed by atoms with E-state index in [1.807, 2.05) is 0 Å². The zero-order chi connectivity index (χ0) is 15.4. The predicted molar refractivity (Wildman–Crippen MR) is 72.7 cm³/mol. The Labute approximate surface area is 119 Å². The van der Waals surface area contributed by atoms with Crippen molar-refractivity contribution in [3.63, 3.8) is 0 Å². The van der Waals surface area contributed by atoms with Gasteiger partial charge in [-0.25, -0.2) is 4.79 Å². The third-order valence-corrected chi connectivity index (χ3v) is 2.86. The molecule has 8 heteroatoms. The lowest BCUT2D eigenvalue weighted by atomic mass is 10.1. The summed E-state index contributed by atoms with van der Waals surface area (Å²) in [6, 6.07) is 3.76. The van der Waals surface area contributed by atoms with E-state index in [9.17, 15) is 19.7 Å². The zero-order valence-electron chi connectivity index (χ0n) is 10.6. The summed E-state index contributed by atoms with van der Waals surface area (Å²) < 4.78 is 0. The van der Waals surface area contributed by atoms with Crippen LogP contribution in [0.25, 0.3) is 0 Å². The summed E-state index contributed by atoms with van der Waals surface area (Å²) in [5.41, 5.74) is -0.602. The Bertz CT molecular complexity index is 624. The molecule has 0 aliphatic carbocycles. The standard InChI is InChI=1S/C12H11ClN2O5/c1-6(7(2)12(17)18)11(16)14-9-4-3-8(13)5-10(9)15(19)20/h3-5H,1-2H3,(H,14,16)(H,17,18). The van der Waals surface area contributed by atoms with E-state index >= 15 is 0 Å². The van der Waals surface area contributed by atoms with Crippen molar-refractivity contribution in [2.24, 2.45) is 0 Å². The number of hydrogen-bond acceptors (Lipinski definition) is 4. The number of carboxylic acids is 1. The molecule has 2 N–H and O–H groups in total. The first-order valence-corrected chi connectivity index (χ1v) is 5.78. The minimum absolute atomic E-state index is 0.0400. The van der Waals surface area contributed by atoms with Crippen LogP contribution in [-0.4, -0.2) is 21.9 Å². The van der Waals surface area contributed by atoms with E-state index in [0.717, 1.165) is 6.07 Å². The van der Waals surface area contributed by atoms with Crippen LogP contribution in [0.2, 0.25) is 5.02 Å². The topological polar surface area (TPSA) is 110 Å². The number of carboxylic acid groups (broad SMARTS) is 1. The largest absolute Gasteiger partial charge is 0.478 e. The molecule has 0 aromatic heterocycles. The van der Waals surface area contributed by atoms with Crippen LogP contribution in [0.5, 0.6) is 0 Å². The fourth-order valence-corrected chi connectivity index (χ4v) is 1.47. The number of aliphatic carboxylic acids is 1. The number of carbonyl (C=O) groups is 2. The number of rotatable bonds is 4. The van der Waals surface area contributed by atoms with Crippen LogP contribution in [0.1, 0.15) is 13.8 Å². The van der Waals surface area contributed by atoms with Crippen molar-refractivity contribution in [1.29, 1.82) is 0 Å². The second-order valence-corrected chi connectivity index (χ2v) is 4.36. The highest BCUT2D eigenvalue weighted by atomic mass is 35.5. The quantitative estimate of drug-likeness (QED) is 0.504. The molecule has 1 amide bonds. The number of hydrogen-bond donors (Lipinski definition) is 2. The van der Waals surface area contributed by atoms with Crippen molar-refractivity contribution in [3.05, 3.63) is 44.5 Å². The summed E-state index contributed by atoms with van der Waals surface area (Å²) in [5.74, 6) is -1.96. The Morgan fingerprint density at radius 1 is 1.30 bits per heavy atom. The van der Waals surface area contributed by atoms with Crippen LogP contribution in [0, 0.1) is 10.1 Å². The Morgan fingerprint density at radius 2 is 1.90 bits per heavy atom. The molecule has 0 saturated carbocycles. The van der Waals surface area contributed by atoms with Crippen molar-refractivity contribution in [2.75, 3.05) is 5.32 Å². The normalized spacial score (nSPS) is 11.6. The van der Waals surface area contributed by atoms with Gasteiger partial charge in [-0.15, -0.1) is 0 Å². The van der Waals surface area contributed by atoms with Crippen LogP contribution < -0.4 is 5.32 Å². The number of nitrogens with one attached hydrogen (secondary N) is 1. The van der Waals surface area contributed by atoms with Crippen LogP contribution in [0.3, 0.4) is 0 Å². The van der Waals surface area contributed by atoms with Crippen LogP contribution >= 0.6 is 11.6 Å². The molecule has 106 valence electrons. The average Bonchev–Trinajstić information content (AvgIpc) is 2.38. The fraction of sp³-hybridized carbons (Fsp3) is 0.167. The molecule has 20 heavy (non-hydrogen) atoms. The molecule has 0 radical (unpaired) electrons. The molecule has 0 unspecified atom stereocenters. The maximum absolute atomic E-state index is 11.8. The van der Waals surface area contributed by atoms with Crippen LogP contribution in [0.15, 0.2) is 29.3 Å². The molecule has 0 aliphatic heterocycles. The first kappa shape index (κ1) is 15.6. The summed E-state index contributed by atoms with van der Waals surface area (Å²) in [4.78, 5) is 32.8. The molecule has 1 aromatic rings. The molecule has 0 fully saturated rings. The van der Waals surface area contributed by atoms with Gasteiger partial charge in [0.05, 0.1) is 4.92 Å². The number of anilines is 1. The summed E-state index contributed by atoms with van der Waals surface area (Å²) in [5, 5.41) is 22.1. The van der Waals surface area contributed by atoms with Crippen LogP contribution in [0.4, 0.5) is 11.4 Å². The maximum atomic E-state index is 11.8. The molecule has 7 nitrogen and oxygen atoms in total. The second-order valence-electron chi connectivity index (χ2n) is 3.93. The first-order valence-electron chi connectivity index (χ1n) is 5.40. The number of carbonyl (C=O) groups excluding carboxylic acids is 1. The van der Waals surface area contributed by atoms with Gasteiger partial charge in [0.1, 0.15) is 5.69 Å². The summed E-state index contributed by atoms with van der Waals surface area (Å²) in [6.45, 7) is 2.59. The van der Waals surface area contributed by atoms with Crippen molar-refractivity contribution >= 4 is 34.9 Å². The van der Waals surface area contributed by atoms with E-state index in [1.165, 1.54) is 26.0 Å². The lowest BCUT2D eigenvalue weighted by molar-refractivity contribution is -0.383. The second kappa shape index (κ2) is 6.16. The van der Waals surface area contributed by atoms with Gasteiger partial charge in [-0.05, 0) is 26.0 Å². The molecule has 0 heterocycles. The van der Waals surface area contributed by atoms with E-state index in [2.05, 4.69) is 5.32 Å². The summed E-state index contributed by atoms with van der Waals surface area (Å²) in [6.07, 6.45) is 0. The van der Waals surface area contributed by atoms with E-state index in [-0.39, 0.29) is 27.5 Å². The smallest absolute Gasteiger partial charge is 0.331 e. The molecule has 1 aromatic carbocycles. The number of benzene rings is 1. The van der Waals surface area contributed by atoms with Gasteiger partial charge in [0.25, 0.3) is 11.6 Å². The molecule has 0 aliphatic rings. The SMILES string of the molecule is CC(C(=O)O)=C(C)C(=O)Nc1ccc(Cl)cc1[N+](=O)[O-]. The molecule has 0 spiro atoms. The van der Waals surface area contributed by atoms with E-state index < -0.39 is 16.8 Å². The molecule has 0 atom stereocenters. The number of halogens is 1. The van der Waals surface area contributed by atoms with E-state index in [4.69, 9.17) is 16.7 Å². The number of amides is 1. The highest BCUT2D eigenvalue weighted by Crippen LogP contribution is 2.28. The van der Waals surface area contributed by atoms with Crippen molar-refractivity contribution in [2.45, 2.75) is 13.8 Å². The fourth-order valence-electron chi connectivity index (χ4n) is 1.31. The van der Waals surface area contributed by atoms with Gasteiger partial charge in [-0.3, -0.25) is 14.9 Å². The maximum Gasteiger partial charge on any atom is 0.331 e. The highest BCUT2D eigenvalue weighted by molar-refractivity contribution is 6.31. The molecule has 1 rings (SSSR count). The monoisotopic (exact) mass is 298 g/mol. The average molecular weight is 299 g/mol. The van der Waals surface area contributed by atoms with Gasteiger partial charge in [0.2, 0.25) is 0 Å².